The van der Waals surface area contributed by atoms with Gasteiger partial charge in [-0.2, -0.15) is 4.98 Å². The Bertz CT molecular complexity index is 294. The van der Waals surface area contributed by atoms with Crippen LogP contribution in [-0.2, 0) is 11.2 Å². The molecule has 0 unspecified atom stereocenters. The number of hydrogen-bond donors (Lipinski definition) is 0. The molecule has 1 aromatic rings. The molecule has 0 radical (unpaired) electrons. The first-order valence-electron chi connectivity index (χ1n) is 4.41. The molecule has 0 amide bonds. The van der Waals surface area contributed by atoms with Crippen molar-refractivity contribution in [1.82, 2.24) is 9.97 Å². The standard InChI is InChI=1S/C9H13ClN2O2/c1-3-14-9-6-7(10)11-8(12-9)4-5-13-2/h6H,3-5H2,1-2H3. The third-order valence-electron chi connectivity index (χ3n) is 1.54. The van der Waals surface area contributed by atoms with Gasteiger partial charge in [0, 0.05) is 19.6 Å². The van der Waals surface area contributed by atoms with E-state index >= 15 is 0 Å². The molecule has 1 aromatic heterocycles. The molecule has 0 atom stereocenters. The Morgan fingerprint density at radius 3 is 2.86 bits per heavy atom. The van der Waals surface area contributed by atoms with E-state index in [1.165, 1.54) is 0 Å². The second-order valence-electron chi connectivity index (χ2n) is 2.62. The maximum Gasteiger partial charge on any atom is 0.218 e. The molecule has 0 bridgehead atoms. The van der Waals surface area contributed by atoms with Crippen molar-refractivity contribution >= 4 is 11.6 Å². The summed E-state index contributed by atoms with van der Waals surface area (Å²) in [4.78, 5) is 8.21. The first-order chi connectivity index (χ1) is 6.76. The van der Waals surface area contributed by atoms with Crippen molar-refractivity contribution in [1.29, 1.82) is 0 Å². The van der Waals surface area contributed by atoms with Crippen molar-refractivity contribution in [3.63, 3.8) is 0 Å². The number of halogens is 1. The van der Waals surface area contributed by atoms with Crippen LogP contribution in [0.1, 0.15) is 12.7 Å². The summed E-state index contributed by atoms with van der Waals surface area (Å²) in [7, 11) is 1.63. The van der Waals surface area contributed by atoms with Gasteiger partial charge in [-0.05, 0) is 6.92 Å². The van der Waals surface area contributed by atoms with Crippen LogP contribution in [0, 0.1) is 0 Å². The van der Waals surface area contributed by atoms with Crippen molar-refractivity contribution < 1.29 is 9.47 Å². The fourth-order valence-corrected chi connectivity index (χ4v) is 1.16. The quantitative estimate of drug-likeness (QED) is 0.703. The molecule has 0 spiro atoms. The van der Waals surface area contributed by atoms with Crippen LogP contribution in [0.15, 0.2) is 6.07 Å². The lowest BCUT2D eigenvalue weighted by Gasteiger charge is -2.04. The van der Waals surface area contributed by atoms with Gasteiger partial charge in [-0.15, -0.1) is 0 Å². The van der Waals surface area contributed by atoms with Gasteiger partial charge in [0.15, 0.2) is 0 Å². The molecule has 4 nitrogen and oxygen atoms in total. The topological polar surface area (TPSA) is 44.2 Å². The number of hydrogen-bond acceptors (Lipinski definition) is 4. The second-order valence-corrected chi connectivity index (χ2v) is 3.01. The molecule has 78 valence electrons. The van der Waals surface area contributed by atoms with Gasteiger partial charge < -0.3 is 9.47 Å². The van der Waals surface area contributed by atoms with E-state index in [9.17, 15) is 0 Å². The summed E-state index contributed by atoms with van der Waals surface area (Å²) in [5, 5.41) is 0.398. The predicted molar refractivity (Wildman–Crippen MR) is 53.8 cm³/mol. The minimum Gasteiger partial charge on any atom is -0.478 e. The molecule has 0 aliphatic rings. The fraction of sp³-hybridized carbons (Fsp3) is 0.556. The first kappa shape index (κ1) is 11.2. The van der Waals surface area contributed by atoms with Crippen LogP contribution in [0.4, 0.5) is 0 Å². The maximum absolute atomic E-state index is 5.79. The van der Waals surface area contributed by atoms with Crippen molar-refractivity contribution in [2.24, 2.45) is 0 Å². The highest BCUT2D eigenvalue weighted by Gasteiger charge is 2.03. The Labute approximate surface area is 88.2 Å². The number of nitrogens with zero attached hydrogens (tertiary/aromatic N) is 2. The average molecular weight is 217 g/mol. The highest BCUT2D eigenvalue weighted by Crippen LogP contribution is 2.13. The lowest BCUT2D eigenvalue weighted by molar-refractivity contribution is 0.200. The van der Waals surface area contributed by atoms with E-state index in [4.69, 9.17) is 21.1 Å². The van der Waals surface area contributed by atoms with E-state index in [2.05, 4.69) is 9.97 Å². The lowest BCUT2D eigenvalue weighted by Crippen LogP contribution is -2.03. The summed E-state index contributed by atoms with van der Waals surface area (Å²) in [5.74, 6) is 1.15. The van der Waals surface area contributed by atoms with Crippen LogP contribution in [0.3, 0.4) is 0 Å². The minimum absolute atomic E-state index is 0.398. The van der Waals surface area contributed by atoms with Gasteiger partial charge in [0.1, 0.15) is 11.0 Å². The van der Waals surface area contributed by atoms with Crippen LogP contribution >= 0.6 is 11.6 Å². The van der Waals surface area contributed by atoms with E-state index in [1.54, 1.807) is 13.2 Å². The third-order valence-corrected chi connectivity index (χ3v) is 1.73. The van der Waals surface area contributed by atoms with E-state index < -0.39 is 0 Å². The Kier molecular flexibility index (Phi) is 4.62. The van der Waals surface area contributed by atoms with Crippen LogP contribution in [0.25, 0.3) is 0 Å². The summed E-state index contributed by atoms with van der Waals surface area (Å²) in [6.45, 7) is 3.04. The third kappa shape index (κ3) is 3.47. The number of ether oxygens (including phenoxy) is 2. The van der Waals surface area contributed by atoms with Gasteiger partial charge in [0.2, 0.25) is 5.88 Å². The minimum atomic E-state index is 0.398. The zero-order chi connectivity index (χ0) is 10.4. The zero-order valence-electron chi connectivity index (χ0n) is 8.29. The van der Waals surface area contributed by atoms with Gasteiger partial charge in [-0.25, -0.2) is 4.98 Å². The molecule has 1 rings (SSSR count). The van der Waals surface area contributed by atoms with Gasteiger partial charge in [0.25, 0.3) is 0 Å². The van der Waals surface area contributed by atoms with E-state index in [0.29, 0.717) is 36.5 Å². The number of rotatable bonds is 5. The molecule has 0 N–H and O–H groups in total. The summed E-state index contributed by atoms with van der Waals surface area (Å²) >= 11 is 5.79. The van der Waals surface area contributed by atoms with E-state index in [-0.39, 0.29) is 0 Å². The largest absolute Gasteiger partial charge is 0.478 e. The lowest BCUT2D eigenvalue weighted by atomic mass is 10.4. The molecule has 0 aromatic carbocycles. The second kappa shape index (κ2) is 5.78. The van der Waals surface area contributed by atoms with Crippen molar-refractivity contribution in [3.05, 3.63) is 17.0 Å². The Balaban J connectivity index is 2.73. The normalized spacial score (nSPS) is 10.2. The zero-order valence-corrected chi connectivity index (χ0v) is 9.04. The summed E-state index contributed by atoms with van der Waals surface area (Å²) in [6.07, 6.45) is 0.636. The predicted octanol–water partition coefficient (Wildman–Crippen LogP) is 1.72. The van der Waals surface area contributed by atoms with Crippen LogP contribution in [0.5, 0.6) is 5.88 Å². The van der Waals surface area contributed by atoms with Gasteiger partial charge in [-0.1, -0.05) is 11.6 Å². The number of methoxy groups -OCH3 is 1. The molecule has 0 aliphatic carbocycles. The molecule has 1 heterocycles. The summed E-state index contributed by atoms with van der Waals surface area (Å²) in [5.41, 5.74) is 0. The number of aromatic nitrogens is 2. The van der Waals surface area contributed by atoms with Crippen LogP contribution < -0.4 is 4.74 Å². The van der Waals surface area contributed by atoms with Crippen molar-refractivity contribution in [2.75, 3.05) is 20.3 Å². The monoisotopic (exact) mass is 216 g/mol. The molecule has 0 saturated carbocycles. The van der Waals surface area contributed by atoms with Crippen LogP contribution in [-0.4, -0.2) is 30.3 Å². The Morgan fingerprint density at radius 1 is 1.43 bits per heavy atom. The molecule has 0 saturated heterocycles. The maximum atomic E-state index is 5.79. The molecule has 14 heavy (non-hydrogen) atoms. The van der Waals surface area contributed by atoms with Gasteiger partial charge in [-0.3, -0.25) is 0 Å². The van der Waals surface area contributed by atoms with Gasteiger partial charge >= 0.3 is 0 Å². The molecular formula is C9H13ClN2O2. The molecule has 0 fully saturated rings. The van der Waals surface area contributed by atoms with E-state index in [1.807, 2.05) is 6.92 Å². The highest BCUT2D eigenvalue weighted by molar-refractivity contribution is 6.29. The summed E-state index contributed by atoms with van der Waals surface area (Å²) in [6, 6.07) is 1.60. The van der Waals surface area contributed by atoms with Crippen LogP contribution in [0.2, 0.25) is 5.15 Å². The Hall–Kier alpha value is -0.870. The fourth-order valence-electron chi connectivity index (χ4n) is 0.969. The smallest absolute Gasteiger partial charge is 0.218 e. The van der Waals surface area contributed by atoms with Crippen molar-refractivity contribution in [3.8, 4) is 5.88 Å². The van der Waals surface area contributed by atoms with Crippen molar-refractivity contribution in [2.45, 2.75) is 13.3 Å². The SMILES string of the molecule is CCOc1cc(Cl)nc(CCOC)n1. The molecule has 0 aliphatic heterocycles. The molecule has 5 heteroatoms. The average Bonchev–Trinajstić information content (AvgIpc) is 2.14. The first-order valence-corrected chi connectivity index (χ1v) is 4.79. The van der Waals surface area contributed by atoms with Gasteiger partial charge in [0.05, 0.1) is 13.2 Å². The molecular weight excluding hydrogens is 204 g/mol. The summed E-state index contributed by atoms with van der Waals surface area (Å²) < 4.78 is 10.2. The highest BCUT2D eigenvalue weighted by atomic mass is 35.5. The van der Waals surface area contributed by atoms with E-state index in [0.717, 1.165) is 0 Å². The Morgan fingerprint density at radius 2 is 2.21 bits per heavy atom.